The Morgan fingerprint density at radius 3 is 2.43 bits per heavy atom. The van der Waals surface area contributed by atoms with E-state index in [0.29, 0.717) is 29.6 Å². The van der Waals surface area contributed by atoms with E-state index in [1.165, 1.54) is 25.7 Å². The second-order valence-corrected chi connectivity index (χ2v) is 10.8. The van der Waals surface area contributed by atoms with Crippen molar-refractivity contribution in [3.8, 4) is 0 Å². The van der Waals surface area contributed by atoms with Crippen LogP contribution in [0.3, 0.4) is 0 Å². The van der Waals surface area contributed by atoms with Crippen molar-refractivity contribution in [2.75, 3.05) is 6.79 Å². The fourth-order valence-electron chi connectivity index (χ4n) is 7.91. The molecular formula is C25H38O5. The van der Waals surface area contributed by atoms with Crippen LogP contribution in [-0.2, 0) is 23.8 Å². The van der Waals surface area contributed by atoms with Gasteiger partial charge in [-0.2, -0.15) is 0 Å². The van der Waals surface area contributed by atoms with Gasteiger partial charge in [-0.25, -0.2) is 0 Å². The highest BCUT2D eigenvalue weighted by atomic mass is 16.7. The fourth-order valence-corrected chi connectivity index (χ4v) is 7.91. The maximum absolute atomic E-state index is 12.9. The summed E-state index contributed by atoms with van der Waals surface area (Å²) in [5, 5.41) is 0. The van der Waals surface area contributed by atoms with Gasteiger partial charge in [0.1, 0.15) is 6.10 Å². The lowest BCUT2D eigenvalue weighted by atomic mass is 9.67. The number of hydrogen-bond acceptors (Lipinski definition) is 5. The highest BCUT2D eigenvalue weighted by molar-refractivity contribution is 5.74. The normalized spacial score (nSPS) is 42.9. The summed E-state index contributed by atoms with van der Waals surface area (Å²) in [6, 6.07) is 0. The molecule has 5 heteroatoms. The van der Waals surface area contributed by atoms with Gasteiger partial charge in [-0.15, -0.1) is 0 Å². The second kappa shape index (κ2) is 8.44. The molecule has 9 atom stereocenters. The summed E-state index contributed by atoms with van der Waals surface area (Å²) >= 11 is 0. The Labute approximate surface area is 180 Å². The minimum absolute atomic E-state index is 0.0214. The number of hydrogen-bond donors (Lipinski definition) is 0. The van der Waals surface area contributed by atoms with Crippen LogP contribution in [0.1, 0.15) is 78.1 Å². The Morgan fingerprint density at radius 1 is 0.933 bits per heavy atom. The predicted molar refractivity (Wildman–Crippen MR) is 111 cm³/mol. The van der Waals surface area contributed by atoms with E-state index in [2.05, 4.69) is 0 Å². The average molecular weight is 419 g/mol. The van der Waals surface area contributed by atoms with Crippen molar-refractivity contribution < 1.29 is 23.8 Å². The number of carbonyl (C=O) groups excluding carboxylic acids is 2. The van der Waals surface area contributed by atoms with E-state index in [9.17, 15) is 9.59 Å². The topological polar surface area (TPSA) is 61.8 Å². The van der Waals surface area contributed by atoms with Crippen LogP contribution in [-0.4, -0.2) is 30.9 Å². The van der Waals surface area contributed by atoms with E-state index in [0.717, 1.165) is 44.4 Å². The van der Waals surface area contributed by atoms with Crippen LogP contribution in [0.15, 0.2) is 0 Å². The molecule has 5 aliphatic carbocycles. The molecule has 5 fully saturated rings. The number of rotatable bonds is 7. The predicted octanol–water partition coefficient (Wildman–Crippen LogP) is 4.72. The Kier molecular flexibility index (Phi) is 5.85. The highest BCUT2D eigenvalue weighted by Gasteiger charge is 2.66. The summed E-state index contributed by atoms with van der Waals surface area (Å²) in [6.45, 7) is 4.11. The first-order valence-electron chi connectivity index (χ1n) is 12.6. The molecule has 0 heterocycles. The molecule has 0 N–H and O–H groups in total. The van der Waals surface area contributed by atoms with Gasteiger partial charge in [-0.05, 0) is 80.5 Å². The van der Waals surface area contributed by atoms with E-state index < -0.39 is 0 Å². The third-order valence-electron chi connectivity index (χ3n) is 9.40. The minimum atomic E-state index is -0.0484. The van der Waals surface area contributed by atoms with Gasteiger partial charge in [0, 0.05) is 0 Å². The van der Waals surface area contributed by atoms with Crippen molar-refractivity contribution in [2.24, 2.45) is 47.3 Å². The number of fused-ring (bicyclic) bond motifs is 9. The van der Waals surface area contributed by atoms with E-state index in [-0.39, 0.29) is 42.8 Å². The zero-order chi connectivity index (χ0) is 20.8. The van der Waals surface area contributed by atoms with Gasteiger partial charge < -0.3 is 14.2 Å². The SMILES string of the molecule is CCC(C)C(=O)OC1CC2CC1C1C3CC(CC3C(=O)OCOC3CCCCC3)C21. The zero-order valence-corrected chi connectivity index (χ0v) is 18.6. The summed E-state index contributed by atoms with van der Waals surface area (Å²) in [4.78, 5) is 25.2. The number of esters is 2. The lowest BCUT2D eigenvalue weighted by Gasteiger charge is -2.40. The maximum atomic E-state index is 12.9. The fraction of sp³-hybridized carbons (Fsp3) is 0.920. The number of carbonyl (C=O) groups is 2. The van der Waals surface area contributed by atoms with Crippen molar-refractivity contribution in [3.63, 3.8) is 0 Å². The molecular weight excluding hydrogens is 380 g/mol. The van der Waals surface area contributed by atoms with Crippen molar-refractivity contribution in [2.45, 2.75) is 90.3 Å². The first-order chi connectivity index (χ1) is 14.6. The summed E-state index contributed by atoms with van der Waals surface area (Å²) < 4.78 is 17.4. The van der Waals surface area contributed by atoms with E-state index in [1.54, 1.807) is 0 Å². The molecule has 0 aromatic carbocycles. The minimum Gasteiger partial charge on any atom is -0.462 e. The molecule has 9 unspecified atom stereocenters. The molecule has 0 aliphatic heterocycles. The quantitative estimate of drug-likeness (QED) is 0.340. The van der Waals surface area contributed by atoms with Crippen LogP contribution in [0, 0.1) is 47.3 Å². The van der Waals surface area contributed by atoms with Gasteiger partial charge in [0.15, 0.2) is 6.79 Å². The van der Waals surface area contributed by atoms with E-state index in [1.807, 2.05) is 13.8 Å². The molecule has 5 aliphatic rings. The number of ether oxygens (including phenoxy) is 3. The third-order valence-corrected chi connectivity index (χ3v) is 9.40. The maximum Gasteiger partial charge on any atom is 0.311 e. The van der Waals surface area contributed by atoms with E-state index in [4.69, 9.17) is 14.2 Å². The zero-order valence-electron chi connectivity index (χ0n) is 18.6. The smallest absolute Gasteiger partial charge is 0.311 e. The molecule has 0 saturated heterocycles. The van der Waals surface area contributed by atoms with Crippen LogP contribution in [0.25, 0.3) is 0 Å². The Bertz CT molecular complexity index is 656. The Morgan fingerprint density at radius 2 is 1.67 bits per heavy atom. The molecule has 0 aromatic rings. The van der Waals surface area contributed by atoms with Crippen LogP contribution in [0.2, 0.25) is 0 Å². The second-order valence-electron chi connectivity index (χ2n) is 10.8. The van der Waals surface area contributed by atoms with Crippen LogP contribution in [0.5, 0.6) is 0 Å². The highest BCUT2D eigenvalue weighted by Crippen LogP contribution is 2.69. The Hall–Kier alpha value is -1.10. The van der Waals surface area contributed by atoms with Gasteiger partial charge in [0.2, 0.25) is 0 Å². The molecule has 5 saturated carbocycles. The van der Waals surface area contributed by atoms with Gasteiger partial charge in [0.05, 0.1) is 17.9 Å². The van der Waals surface area contributed by atoms with Crippen molar-refractivity contribution >= 4 is 11.9 Å². The molecule has 0 spiro atoms. The third kappa shape index (κ3) is 3.59. The summed E-state index contributed by atoms with van der Waals surface area (Å²) in [5.41, 5.74) is 0. The summed E-state index contributed by atoms with van der Waals surface area (Å²) in [6.07, 6.45) is 11.5. The van der Waals surface area contributed by atoms with E-state index >= 15 is 0 Å². The van der Waals surface area contributed by atoms with Gasteiger partial charge in [-0.3, -0.25) is 9.59 Å². The largest absolute Gasteiger partial charge is 0.462 e. The van der Waals surface area contributed by atoms with Gasteiger partial charge in [0.25, 0.3) is 0 Å². The molecule has 0 radical (unpaired) electrons. The van der Waals surface area contributed by atoms with Crippen LogP contribution < -0.4 is 0 Å². The van der Waals surface area contributed by atoms with Crippen molar-refractivity contribution in [1.29, 1.82) is 0 Å². The lowest BCUT2D eigenvalue weighted by molar-refractivity contribution is -0.172. The van der Waals surface area contributed by atoms with Gasteiger partial charge in [-0.1, -0.05) is 33.1 Å². The van der Waals surface area contributed by atoms with Crippen LogP contribution in [0.4, 0.5) is 0 Å². The first kappa shape index (κ1) is 20.8. The van der Waals surface area contributed by atoms with Crippen LogP contribution >= 0.6 is 0 Å². The van der Waals surface area contributed by atoms with Crippen molar-refractivity contribution in [3.05, 3.63) is 0 Å². The monoisotopic (exact) mass is 418 g/mol. The molecule has 0 aromatic heterocycles. The molecule has 5 nitrogen and oxygen atoms in total. The van der Waals surface area contributed by atoms with Gasteiger partial charge >= 0.3 is 11.9 Å². The first-order valence-corrected chi connectivity index (χ1v) is 12.6. The molecule has 168 valence electrons. The van der Waals surface area contributed by atoms with Crippen molar-refractivity contribution in [1.82, 2.24) is 0 Å². The Balaban J connectivity index is 1.16. The molecule has 30 heavy (non-hydrogen) atoms. The molecule has 0 amide bonds. The molecule has 4 bridgehead atoms. The average Bonchev–Trinajstić information content (AvgIpc) is 3.52. The lowest BCUT2D eigenvalue weighted by Crippen LogP contribution is -2.42. The summed E-state index contributed by atoms with van der Waals surface area (Å²) in [5.74, 6) is 3.45. The molecule has 5 rings (SSSR count). The summed E-state index contributed by atoms with van der Waals surface area (Å²) in [7, 11) is 0. The standard InChI is InChI=1S/C25H38O5/c1-3-14(2)24(26)30-21-12-16-11-20(21)23-18-9-15(22(16)23)10-19(18)25(27)29-13-28-17-7-5-4-6-8-17/h14-23H,3-13H2,1-2H3.